The van der Waals surface area contributed by atoms with Gasteiger partial charge in [-0.3, -0.25) is 9.78 Å². The number of carbonyl (C=O) groups is 1. The highest BCUT2D eigenvalue weighted by Crippen LogP contribution is 2.37. The van der Waals surface area contributed by atoms with E-state index in [0.717, 1.165) is 18.2 Å². The molecule has 1 amide bonds. The molecule has 3 aromatic heterocycles. The third-order valence-corrected chi connectivity index (χ3v) is 6.89. The predicted molar refractivity (Wildman–Crippen MR) is 154 cm³/mol. The van der Waals surface area contributed by atoms with Crippen molar-refractivity contribution in [3.05, 3.63) is 84.2 Å². The van der Waals surface area contributed by atoms with Crippen LogP contribution in [-0.4, -0.2) is 46.5 Å². The van der Waals surface area contributed by atoms with Crippen LogP contribution in [0.2, 0.25) is 0 Å². The molecule has 2 aromatic carbocycles. The number of nitrogens with zero attached hydrogens (tertiary/aromatic N) is 4. The van der Waals surface area contributed by atoms with E-state index in [9.17, 15) is 9.18 Å². The van der Waals surface area contributed by atoms with E-state index < -0.39 is 5.91 Å². The summed E-state index contributed by atoms with van der Waals surface area (Å²) in [7, 11) is 3.13. The van der Waals surface area contributed by atoms with Crippen molar-refractivity contribution in [2.45, 2.75) is 19.8 Å². The van der Waals surface area contributed by atoms with E-state index in [4.69, 9.17) is 18.9 Å². The van der Waals surface area contributed by atoms with Crippen molar-refractivity contribution in [3.63, 3.8) is 0 Å². The summed E-state index contributed by atoms with van der Waals surface area (Å²) >= 11 is 0. The maximum atomic E-state index is 13.7. The van der Waals surface area contributed by atoms with Crippen LogP contribution in [0.3, 0.4) is 0 Å². The number of methoxy groups -OCH3 is 2. The summed E-state index contributed by atoms with van der Waals surface area (Å²) in [6.45, 7) is 2.28. The van der Waals surface area contributed by atoms with Gasteiger partial charge < -0.3 is 24.3 Å². The van der Waals surface area contributed by atoms with Gasteiger partial charge in [0.25, 0.3) is 5.91 Å². The second kappa shape index (κ2) is 11.4. The fourth-order valence-electron chi connectivity index (χ4n) is 4.47. The average Bonchev–Trinajstić information content (AvgIpc) is 3.73. The van der Waals surface area contributed by atoms with Crippen LogP contribution in [0.15, 0.2) is 67.1 Å². The van der Waals surface area contributed by atoms with Crippen molar-refractivity contribution in [3.8, 4) is 34.4 Å². The number of pyridine rings is 2. The van der Waals surface area contributed by atoms with Crippen LogP contribution in [-0.2, 0) is 0 Å². The average molecular weight is 570 g/mol. The highest BCUT2D eigenvalue weighted by Gasteiger charge is 2.25. The summed E-state index contributed by atoms with van der Waals surface area (Å²) < 4.78 is 38.0. The SMILES string of the molecule is COc1cc2nccc(Oc3ccc(NC(=O)c4nn(-c5ccc(F)cc5C)cc4OCC4CC4)nc3)c2cc1OC. The lowest BCUT2D eigenvalue weighted by molar-refractivity contribution is 0.101. The smallest absolute Gasteiger partial charge is 0.281 e. The van der Waals surface area contributed by atoms with E-state index in [2.05, 4.69) is 20.4 Å². The van der Waals surface area contributed by atoms with Gasteiger partial charge in [0.15, 0.2) is 22.9 Å². The lowest BCUT2D eigenvalue weighted by Gasteiger charge is -2.12. The first-order chi connectivity index (χ1) is 20.4. The van der Waals surface area contributed by atoms with Crippen LogP contribution in [0.5, 0.6) is 28.7 Å². The number of hydrogen-bond acceptors (Lipinski definition) is 8. The molecule has 0 spiro atoms. The molecule has 6 rings (SSSR count). The largest absolute Gasteiger partial charge is 0.493 e. The Kier molecular flexibility index (Phi) is 7.30. The number of halogens is 1. The van der Waals surface area contributed by atoms with Crippen LogP contribution < -0.4 is 24.3 Å². The highest BCUT2D eigenvalue weighted by molar-refractivity contribution is 6.04. The van der Waals surface area contributed by atoms with Gasteiger partial charge in [-0.05, 0) is 73.7 Å². The van der Waals surface area contributed by atoms with Crippen LogP contribution >= 0.6 is 0 Å². The molecule has 0 saturated heterocycles. The molecule has 5 aromatic rings. The van der Waals surface area contributed by atoms with Gasteiger partial charge in [0.05, 0.1) is 44.4 Å². The quantitative estimate of drug-likeness (QED) is 0.214. The number of aromatic nitrogens is 4. The molecule has 42 heavy (non-hydrogen) atoms. The van der Waals surface area contributed by atoms with E-state index >= 15 is 0 Å². The van der Waals surface area contributed by atoms with Crippen molar-refractivity contribution in [1.29, 1.82) is 0 Å². The number of nitrogens with one attached hydrogen (secondary N) is 1. The van der Waals surface area contributed by atoms with Gasteiger partial charge in [0.1, 0.15) is 23.1 Å². The zero-order valence-electron chi connectivity index (χ0n) is 23.3. The van der Waals surface area contributed by atoms with Crippen molar-refractivity contribution >= 4 is 22.6 Å². The molecule has 0 bridgehead atoms. The number of aryl methyl sites for hydroxylation is 1. The molecule has 0 radical (unpaired) electrons. The summed E-state index contributed by atoms with van der Waals surface area (Å²) in [6.07, 6.45) is 6.99. The molecule has 1 N–H and O–H groups in total. The number of hydrogen-bond donors (Lipinski definition) is 1. The van der Waals surface area contributed by atoms with E-state index in [-0.39, 0.29) is 11.5 Å². The van der Waals surface area contributed by atoms with Gasteiger partial charge in [0.2, 0.25) is 0 Å². The molecule has 3 heterocycles. The second-order valence-electron chi connectivity index (χ2n) is 9.94. The number of fused-ring (bicyclic) bond motifs is 1. The predicted octanol–water partition coefficient (Wildman–Crippen LogP) is 6.11. The van der Waals surface area contributed by atoms with E-state index in [1.54, 1.807) is 69.9 Å². The zero-order chi connectivity index (χ0) is 29.2. The van der Waals surface area contributed by atoms with Crippen LogP contribution in [0.1, 0.15) is 28.9 Å². The highest BCUT2D eigenvalue weighted by atomic mass is 19.1. The Hall–Kier alpha value is -5.19. The topological polar surface area (TPSA) is 110 Å². The van der Waals surface area contributed by atoms with E-state index in [1.807, 2.05) is 0 Å². The third kappa shape index (κ3) is 5.67. The molecule has 10 nitrogen and oxygen atoms in total. The lowest BCUT2D eigenvalue weighted by atomic mass is 10.2. The monoisotopic (exact) mass is 569 g/mol. The van der Waals surface area contributed by atoms with E-state index in [1.165, 1.54) is 23.0 Å². The van der Waals surface area contributed by atoms with Crippen molar-refractivity contribution in [2.24, 2.45) is 5.92 Å². The first kappa shape index (κ1) is 27.0. The Bertz CT molecular complexity index is 1770. The molecule has 0 unspecified atom stereocenters. The summed E-state index contributed by atoms with van der Waals surface area (Å²) in [4.78, 5) is 22.0. The Morgan fingerprint density at radius 3 is 2.52 bits per heavy atom. The third-order valence-electron chi connectivity index (χ3n) is 6.89. The minimum atomic E-state index is -0.485. The molecule has 1 fully saturated rings. The van der Waals surface area contributed by atoms with Gasteiger partial charge in [-0.15, -0.1) is 0 Å². The maximum absolute atomic E-state index is 13.7. The molecule has 0 atom stereocenters. The number of amides is 1. The molecule has 11 heteroatoms. The Morgan fingerprint density at radius 2 is 1.81 bits per heavy atom. The number of anilines is 1. The number of ether oxygens (including phenoxy) is 4. The molecular weight excluding hydrogens is 541 g/mol. The standard InChI is InChI=1S/C31H28FN5O5/c1-18-12-20(32)6-8-24(18)37-16-28(41-17-19-4-5-19)30(36-37)31(38)35-29-9-7-21(15-34-29)42-25-10-11-33-23-14-27(40-3)26(39-2)13-22(23)25/h6-16,19H,4-5,17H2,1-3H3,(H,34,35,38). The minimum absolute atomic E-state index is 0.106. The van der Waals surface area contributed by atoms with Gasteiger partial charge in [-0.2, -0.15) is 5.10 Å². The summed E-state index contributed by atoms with van der Waals surface area (Å²) in [5.74, 6) is 2.43. The molecule has 1 aliphatic carbocycles. The first-order valence-electron chi connectivity index (χ1n) is 13.4. The fourth-order valence-corrected chi connectivity index (χ4v) is 4.47. The Labute approximate surface area is 241 Å². The Balaban J connectivity index is 1.21. The summed E-state index contributed by atoms with van der Waals surface area (Å²) in [5.41, 5.74) is 2.10. The molecular formula is C31H28FN5O5. The number of benzene rings is 2. The molecule has 0 aliphatic heterocycles. The van der Waals surface area contributed by atoms with Crippen molar-refractivity contribution in [2.75, 3.05) is 26.1 Å². The van der Waals surface area contributed by atoms with Gasteiger partial charge >= 0.3 is 0 Å². The van der Waals surface area contributed by atoms with Gasteiger partial charge in [-0.1, -0.05) is 0 Å². The zero-order valence-corrected chi connectivity index (χ0v) is 23.3. The second-order valence-corrected chi connectivity index (χ2v) is 9.94. The van der Waals surface area contributed by atoms with Crippen LogP contribution in [0.4, 0.5) is 10.2 Å². The van der Waals surface area contributed by atoms with Crippen LogP contribution in [0, 0.1) is 18.7 Å². The van der Waals surface area contributed by atoms with Crippen LogP contribution in [0.25, 0.3) is 16.6 Å². The summed E-state index contributed by atoms with van der Waals surface area (Å²) in [5, 5.41) is 7.99. The summed E-state index contributed by atoms with van der Waals surface area (Å²) in [6, 6.07) is 13.0. The van der Waals surface area contributed by atoms with Gasteiger partial charge in [0, 0.05) is 17.6 Å². The number of rotatable bonds is 10. The fraction of sp³-hybridized carbons (Fsp3) is 0.226. The normalized spacial score (nSPS) is 12.7. The minimum Gasteiger partial charge on any atom is -0.493 e. The maximum Gasteiger partial charge on any atom is 0.281 e. The Morgan fingerprint density at radius 1 is 1.00 bits per heavy atom. The number of carbonyl (C=O) groups excluding carboxylic acids is 1. The lowest BCUT2D eigenvalue weighted by Crippen LogP contribution is -2.15. The van der Waals surface area contributed by atoms with Gasteiger partial charge in [-0.25, -0.2) is 14.1 Å². The van der Waals surface area contributed by atoms with Crippen molar-refractivity contribution in [1.82, 2.24) is 19.7 Å². The molecule has 1 saturated carbocycles. The molecule has 1 aliphatic rings. The molecule has 214 valence electrons. The van der Waals surface area contributed by atoms with Crippen molar-refractivity contribution < 1.29 is 28.1 Å². The first-order valence-corrected chi connectivity index (χ1v) is 13.4. The van der Waals surface area contributed by atoms with E-state index in [0.29, 0.717) is 63.9 Å².